The Labute approximate surface area is 209 Å². The summed E-state index contributed by atoms with van der Waals surface area (Å²) in [6.07, 6.45) is -1.32. The number of carbonyl (C=O) groups is 1. The third kappa shape index (κ3) is 7.48. The summed E-state index contributed by atoms with van der Waals surface area (Å²) in [5.41, 5.74) is 1.10. The molecular formula is C26H47NO5Si2. The molecule has 1 aromatic carbocycles. The molecule has 6 nitrogen and oxygen atoms in total. The third-order valence-electron chi connectivity index (χ3n) is 7.55. The summed E-state index contributed by atoms with van der Waals surface area (Å²) in [7, 11) is -4.34. The van der Waals surface area contributed by atoms with E-state index in [1.165, 1.54) is 6.92 Å². The van der Waals surface area contributed by atoms with Crippen LogP contribution in [0, 0.1) is 0 Å². The average molecular weight is 510 g/mol. The van der Waals surface area contributed by atoms with Gasteiger partial charge < -0.3 is 23.6 Å². The zero-order valence-corrected chi connectivity index (χ0v) is 25.2. The molecule has 34 heavy (non-hydrogen) atoms. The van der Waals surface area contributed by atoms with Crippen LogP contribution in [-0.2, 0) is 29.7 Å². The second-order valence-corrected chi connectivity index (χ2v) is 22.0. The summed E-state index contributed by atoms with van der Waals surface area (Å²) in [5, 5.41) is 3.14. The first-order valence-electron chi connectivity index (χ1n) is 12.3. The Balaban J connectivity index is 2.31. The van der Waals surface area contributed by atoms with Crippen LogP contribution in [0.1, 0.15) is 54.0 Å². The molecule has 0 spiro atoms. The van der Waals surface area contributed by atoms with E-state index in [-0.39, 0.29) is 28.1 Å². The quantitative estimate of drug-likeness (QED) is 0.423. The van der Waals surface area contributed by atoms with Gasteiger partial charge in [-0.2, -0.15) is 0 Å². The molecule has 1 aliphatic heterocycles. The SMILES string of the molecule is CC(=O)NC1[C@@H](COCc2ccccc2)O[C@H](O[Si](C)(C)C(C)(C)C)[C@H]1O[Si](C)(C)C(C)(C)C. The highest BCUT2D eigenvalue weighted by atomic mass is 28.4. The van der Waals surface area contributed by atoms with Crippen LogP contribution in [0.25, 0.3) is 0 Å². The topological polar surface area (TPSA) is 66.0 Å². The Morgan fingerprint density at radius 3 is 1.97 bits per heavy atom. The number of rotatable bonds is 9. The number of hydrogen-bond donors (Lipinski definition) is 1. The van der Waals surface area contributed by atoms with Gasteiger partial charge in [0, 0.05) is 6.92 Å². The van der Waals surface area contributed by atoms with Crippen molar-refractivity contribution < 1.29 is 23.1 Å². The van der Waals surface area contributed by atoms with Gasteiger partial charge in [-0.05, 0) is 41.8 Å². The first-order valence-corrected chi connectivity index (χ1v) is 18.2. The van der Waals surface area contributed by atoms with Crippen LogP contribution in [0.4, 0.5) is 0 Å². The fourth-order valence-electron chi connectivity index (χ4n) is 3.34. The fourth-order valence-corrected chi connectivity index (χ4v) is 5.76. The van der Waals surface area contributed by atoms with E-state index in [4.69, 9.17) is 18.3 Å². The van der Waals surface area contributed by atoms with Crippen molar-refractivity contribution in [3.8, 4) is 0 Å². The second-order valence-electron chi connectivity index (χ2n) is 12.5. The first-order chi connectivity index (χ1) is 15.4. The lowest BCUT2D eigenvalue weighted by Gasteiger charge is -2.43. The van der Waals surface area contributed by atoms with Crippen LogP contribution in [0.5, 0.6) is 0 Å². The summed E-state index contributed by atoms with van der Waals surface area (Å²) in [6.45, 7) is 24.5. The molecule has 1 aromatic rings. The number of nitrogens with one attached hydrogen (secondary N) is 1. The Kier molecular flexibility index (Phi) is 9.38. The number of benzene rings is 1. The van der Waals surface area contributed by atoms with Gasteiger partial charge in [-0.25, -0.2) is 0 Å². The van der Waals surface area contributed by atoms with Gasteiger partial charge in [-0.15, -0.1) is 0 Å². The standard InChI is InChI=1S/C26H47NO5Si2/c1-19(28)27-22-21(18-29-17-20-15-13-12-14-16-20)30-24(32-34(10,11)26(5,6)7)23(22)31-33(8,9)25(2,3)4/h12-16,21-24H,17-18H2,1-11H3,(H,27,28)/t21-,22?,23+,24-/m1/s1. The highest BCUT2D eigenvalue weighted by molar-refractivity contribution is 6.74. The van der Waals surface area contributed by atoms with Crippen LogP contribution in [0.2, 0.25) is 36.3 Å². The van der Waals surface area contributed by atoms with Crippen molar-refractivity contribution in [2.75, 3.05) is 6.61 Å². The van der Waals surface area contributed by atoms with E-state index in [2.05, 4.69) is 73.0 Å². The highest BCUT2D eigenvalue weighted by Gasteiger charge is 2.53. The normalized spacial score (nSPS) is 24.3. The molecular weight excluding hydrogens is 462 g/mol. The van der Waals surface area contributed by atoms with Gasteiger partial charge in [0.15, 0.2) is 22.9 Å². The Hall–Kier alpha value is -1.04. The van der Waals surface area contributed by atoms with E-state index in [0.717, 1.165) is 5.56 Å². The Morgan fingerprint density at radius 2 is 1.47 bits per heavy atom. The monoisotopic (exact) mass is 509 g/mol. The predicted molar refractivity (Wildman–Crippen MR) is 143 cm³/mol. The Bertz CT molecular complexity index is 802. The molecule has 194 valence electrons. The van der Waals surface area contributed by atoms with Crippen molar-refractivity contribution in [3.63, 3.8) is 0 Å². The summed E-state index contributed by atoms with van der Waals surface area (Å²) in [5.74, 6) is -0.113. The molecule has 0 aromatic heterocycles. The van der Waals surface area contributed by atoms with E-state index < -0.39 is 29.0 Å². The van der Waals surface area contributed by atoms with Gasteiger partial charge in [0.2, 0.25) is 5.91 Å². The highest BCUT2D eigenvalue weighted by Crippen LogP contribution is 2.43. The van der Waals surface area contributed by atoms with E-state index in [1.54, 1.807) is 0 Å². The second kappa shape index (κ2) is 10.9. The largest absolute Gasteiger partial charge is 0.407 e. The molecule has 0 aliphatic carbocycles. The molecule has 8 heteroatoms. The lowest BCUT2D eigenvalue weighted by Crippen LogP contribution is -2.56. The minimum absolute atomic E-state index is 0.0111. The lowest BCUT2D eigenvalue weighted by molar-refractivity contribution is -0.126. The van der Waals surface area contributed by atoms with Gasteiger partial charge in [-0.1, -0.05) is 71.9 Å². The minimum atomic E-state index is -2.18. The predicted octanol–water partition coefficient (Wildman–Crippen LogP) is 5.85. The molecule has 1 heterocycles. The maximum atomic E-state index is 12.2. The fraction of sp³-hybridized carbons (Fsp3) is 0.731. The van der Waals surface area contributed by atoms with E-state index in [1.807, 2.05) is 30.3 Å². The minimum Gasteiger partial charge on any atom is -0.407 e. The molecule has 0 bridgehead atoms. The lowest BCUT2D eigenvalue weighted by atomic mass is 10.1. The van der Waals surface area contributed by atoms with Crippen molar-refractivity contribution in [1.29, 1.82) is 0 Å². The van der Waals surface area contributed by atoms with Crippen molar-refractivity contribution in [2.24, 2.45) is 0 Å². The van der Waals surface area contributed by atoms with Gasteiger partial charge >= 0.3 is 0 Å². The maximum absolute atomic E-state index is 12.2. The molecule has 4 atom stereocenters. The van der Waals surface area contributed by atoms with Crippen molar-refractivity contribution in [1.82, 2.24) is 5.32 Å². The summed E-state index contributed by atoms with van der Waals surface area (Å²) < 4.78 is 26.2. The van der Waals surface area contributed by atoms with Crippen molar-refractivity contribution in [2.45, 2.75) is 116 Å². The molecule has 1 saturated heterocycles. The van der Waals surface area contributed by atoms with E-state index in [0.29, 0.717) is 13.2 Å². The zero-order chi connectivity index (χ0) is 25.9. The number of amides is 1. The van der Waals surface area contributed by atoms with Crippen LogP contribution < -0.4 is 5.32 Å². The number of ether oxygens (including phenoxy) is 2. The smallest absolute Gasteiger partial charge is 0.217 e. The molecule has 1 N–H and O–H groups in total. The maximum Gasteiger partial charge on any atom is 0.217 e. The third-order valence-corrected chi connectivity index (χ3v) is 16.5. The summed E-state index contributed by atoms with van der Waals surface area (Å²) in [4.78, 5) is 12.2. The van der Waals surface area contributed by atoms with Crippen LogP contribution in [-0.4, -0.2) is 53.7 Å². The molecule has 1 amide bonds. The van der Waals surface area contributed by atoms with Crippen molar-refractivity contribution >= 4 is 22.5 Å². The molecule has 1 aliphatic rings. The summed E-state index contributed by atoms with van der Waals surface area (Å²) in [6, 6.07) is 9.70. The molecule has 1 fully saturated rings. The molecule has 0 radical (unpaired) electrons. The van der Waals surface area contributed by atoms with Gasteiger partial charge in [0.1, 0.15) is 12.2 Å². The van der Waals surface area contributed by atoms with Crippen LogP contribution >= 0.6 is 0 Å². The average Bonchev–Trinajstić information content (AvgIpc) is 2.96. The van der Waals surface area contributed by atoms with E-state index >= 15 is 0 Å². The van der Waals surface area contributed by atoms with E-state index in [9.17, 15) is 4.79 Å². The molecule has 1 unspecified atom stereocenters. The van der Waals surface area contributed by atoms with Crippen LogP contribution in [0.3, 0.4) is 0 Å². The van der Waals surface area contributed by atoms with Crippen LogP contribution in [0.15, 0.2) is 30.3 Å². The van der Waals surface area contributed by atoms with Gasteiger partial charge in [0.25, 0.3) is 0 Å². The van der Waals surface area contributed by atoms with Gasteiger partial charge in [-0.3, -0.25) is 4.79 Å². The Morgan fingerprint density at radius 1 is 0.941 bits per heavy atom. The summed E-state index contributed by atoms with van der Waals surface area (Å²) >= 11 is 0. The van der Waals surface area contributed by atoms with Crippen molar-refractivity contribution in [3.05, 3.63) is 35.9 Å². The zero-order valence-electron chi connectivity index (χ0n) is 23.2. The molecule has 0 saturated carbocycles. The van der Waals surface area contributed by atoms with Gasteiger partial charge in [0.05, 0.1) is 19.3 Å². The first kappa shape index (κ1) is 29.2. The molecule has 2 rings (SSSR count). The number of hydrogen-bond acceptors (Lipinski definition) is 5. The number of carbonyl (C=O) groups excluding carboxylic acids is 1.